The molecule has 0 bridgehead atoms. The summed E-state index contributed by atoms with van der Waals surface area (Å²) in [4.78, 5) is 28.4. The lowest BCUT2D eigenvalue weighted by Gasteiger charge is -2.09. The molecule has 29 heavy (non-hydrogen) atoms. The number of aromatic carboxylic acids is 1. The average Bonchev–Trinajstić information content (AvgIpc) is 3.16. The van der Waals surface area contributed by atoms with Crippen LogP contribution >= 0.6 is 0 Å². The Hall–Kier alpha value is -4.20. The number of carboxylic acid groups (broad SMARTS) is 1. The number of nitrogens with zero attached hydrogens (tertiary/aromatic N) is 3. The van der Waals surface area contributed by atoms with E-state index in [0.717, 1.165) is 5.56 Å². The zero-order chi connectivity index (χ0) is 20.4. The molecule has 0 atom stereocenters. The number of amides is 1. The van der Waals surface area contributed by atoms with Crippen molar-refractivity contribution in [2.24, 2.45) is 0 Å². The number of carbonyl (C=O) groups excluding carboxylic acids is 1. The Bertz CT molecular complexity index is 1220. The van der Waals surface area contributed by atoms with Crippen molar-refractivity contribution < 1.29 is 19.4 Å². The van der Waals surface area contributed by atoms with Gasteiger partial charge in [-0.15, -0.1) is 5.10 Å². The van der Waals surface area contributed by atoms with E-state index in [1.165, 1.54) is 10.6 Å². The lowest BCUT2D eigenvalue weighted by Crippen LogP contribution is -2.13. The molecule has 4 aromatic rings. The van der Waals surface area contributed by atoms with Gasteiger partial charge in [-0.1, -0.05) is 36.4 Å². The van der Waals surface area contributed by atoms with E-state index in [2.05, 4.69) is 15.4 Å². The van der Waals surface area contributed by atoms with Gasteiger partial charge in [0, 0.05) is 16.7 Å². The number of para-hydroxylation sites is 1. The summed E-state index contributed by atoms with van der Waals surface area (Å²) < 4.78 is 6.61. The Labute approximate surface area is 165 Å². The monoisotopic (exact) mass is 388 g/mol. The van der Waals surface area contributed by atoms with Gasteiger partial charge in [0.15, 0.2) is 11.3 Å². The van der Waals surface area contributed by atoms with Gasteiger partial charge in [-0.3, -0.25) is 10.1 Å². The minimum atomic E-state index is -1.16. The fourth-order valence-electron chi connectivity index (χ4n) is 3.02. The number of benzene rings is 2. The summed E-state index contributed by atoms with van der Waals surface area (Å²) in [6, 6.07) is 19.0. The lowest BCUT2D eigenvalue weighted by molar-refractivity contribution is 0.0687. The van der Waals surface area contributed by atoms with Gasteiger partial charge in [-0.25, -0.2) is 9.31 Å². The number of methoxy groups -OCH3 is 1. The van der Waals surface area contributed by atoms with Gasteiger partial charge in [0.2, 0.25) is 5.95 Å². The molecule has 2 heterocycles. The van der Waals surface area contributed by atoms with Gasteiger partial charge in [0.25, 0.3) is 5.91 Å². The first-order valence-corrected chi connectivity index (χ1v) is 8.71. The fourth-order valence-corrected chi connectivity index (χ4v) is 3.02. The van der Waals surface area contributed by atoms with Gasteiger partial charge < -0.3 is 9.84 Å². The number of carbonyl (C=O) groups is 2. The van der Waals surface area contributed by atoms with Crippen molar-refractivity contribution in [3.05, 3.63) is 78.0 Å². The third kappa shape index (κ3) is 3.39. The number of nitrogens with one attached hydrogen (secondary N) is 1. The van der Waals surface area contributed by atoms with Crippen molar-refractivity contribution in [3.63, 3.8) is 0 Å². The Balaban J connectivity index is 1.84. The van der Waals surface area contributed by atoms with Gasteiger partial charge in [0.1, 0.15) is 5.75 Å². The number of hydrogen-bond acceptors (Lipinski definition) is 5. The molecule has 144 valence electrons. The topological polar surface area (TPSA) is 106 Å². The summed E-state index contributed by atoms with van der Waals surface area (Å²) in [6.07, 6.45) is 0. The van der Waals surface area contributed by atoms with Crippen LogP contribution in [0.2, 0.25) is 0 Å². The third-order valence-corrected chi connectivity index (χ3v) is 4.36. The quantitative estimate of drug-likeness (QED) is 0.543. The number of carboxylic acids is 1. The van der Waals surface area contributed by atoms with Crippen LogP contribution in [0.1, 0.15) is 20.8 Å². The number of pyridine rings is 1. The highest BCUT2D eigenvalue weighted by molar-refractivity contribution is 6.03. The van der Waals surface area contributed by atoms with E-state index >= 15 is 0 Å². The molecular weight excluding hydrogens is 372 g/mol. The zero-order valence-electron chi connectivity index (χ0n) is 15.4. The van der Waals surface area contributed by atoms with E-state index in [4.69, 9.17) is 4.74 Å². The molecule has 0 aliphatic carbocycles. The Morgan fingerprint density at radius 1 is 0.966 bits per heavy atom. The molecule has 8 nitrogen and oxygen atoms in total. The average molecular weight is 388 g/mol. The second kappa shape index (κ2) is 7.43. The van der Waals surface area contributed by atoms with Crippen LogP contribution in [0.5, 0.6) is 5.75 Å². The normalized spacial score (nSPS) is 10.7. The molecule has 0 saturated heterocycles. The number of ether oxygens (including phenoxy) is 1. The van der Waals surface area contributed by atoms with Crippen molar-refractivity contribution >= 4 is 23.5 Å². The van der Waals surface area contributed by atoms with Crippen LogP contribution in [0.15, 0.2) is 66.7 Å². The zero-order valence-corrected chi connectivity index (χ0v) is 15.4. The molecule has 0 aliphatic rings. The highest BCUT2D eigenvalue weighted by atomic mass is 16.5. The number of fused-ring (bicyclic) bond motifs is 1. The first kappa shape index (κ1) is 18.2. The summed E-state index contributed by atoms with van der Waals surface area (Å²) in [5.74, 6) is -0.941. The molecule has 0 fully saturated rings. The van der Waals surface area contributed by atoms with E-state index in [0.29, 0.717) is 16.9 Å². The number of hydrogen-bond donors (Lipinski definition) is 2. The van der Waals surface area contributed by atoms with E-state index in [9.17, 15) is 14.7 Å². The SMILES string of the molecule is COc1ccccc1-c1ccc(C(=O)O)n2nc(NC(=O)c3ccccc3)nc12. The fraction of sp³-hybridized carbons (Fsp3) is 0.0476. The smallest absolute Gasteiger partial charge is 0.354 e. The third-order valence-electron chi connectivity index (χ3n) is 4.36. The predicted molar refractivity (Wildman–Crippen MR) is 106 cm³/mol. The van der Waals surface area contributed by atoms with Crippen molar-refractivity contribution in [3.8, 4) is 16.9 Å². The van der Waals surface area contributed by atoms with E-state index in [1.807, 2.05) is 18.2 Å². The summed E-state index contributed by atoms with van der Waals surface area (Å²) in [7, 11) is 1.55. The maximum atomic E-state index is 12.4. The molecule has 2 N–H and O–H groups in total. The van der Waals surface area contributed by atoms with Crippen molar-refractivity contribution in [2.75, 3.05) is 12.4 Å². The standard InChI is InChI=1S/C21H16N4O4/c1-29-17-10-6-5-9-14(17)15-11-12-16(20(27)28)25-18(15)22-21(24-25)23-19(26)13-7-3-2-4-8-13/h2-12H,1H3,(H,27,28)(H,23,24,26). The summed E-state index contributed by atoms with van der Waals surface area (Å²) in [6.45, 7) is 0. The van der Waals surface area contributed by atoms with E-state index < -0.39 is 11.9 Å². The molecular formula is C21H16N4O4. The second-order valence-electron chi connectivity index (χ2n) is 6.13. The Morgan fingerprint density at radius 3 is 2.41 bits per heavy atom. The second-order valence-corrected chi connectivity index (χ2v) is 6.13. The Morgan fingerprint density at radius 2 is 1.69 bits per heavy atom. The number of anilines is 1. The predicted octanol–water partition coefficient (Wildman–Crippen LogP) is 3.36. The van der Waals surface area contributed by atoms with E-state index in [-0.39, 0.29) is 17.3 Å². The maximum absolute atomic E-state index is 12.4. The highest BCUT2D eigenvalue weighted by Crippen LogP contribution is 2.33. The maximum Gasteiger partial charge on any atom is 0.354 e. The molecule has 2 aromatic carbocycles. The first-order chi connectivity index (χ1) is 14.1. The number of aromatic nitrogens is 3. The van der Waals surface area contributed by atoms with Gasteiger partial charge in [-0.2, -0.15) is 4.98 Å². The molecule has 8 heteroatoms. The molecule has 0 radical (unpaired) electrons. The van der Waals surface area contributed by atoms with Crippen molar-refractivity contribution in [1.29, 1.82) is 0 Å². The largest absolute Gasteiger partial charge is 0.496 e. The van der Waals surface area contributed by atoms with Crippen LogP contribution in [0.4, 0.5) is 5.95 Å². The van der Waals surface area contributed by atoms with Crippen LogP contribution in [-0.4, -0.2) is 38.7 Å². The molecule has 2 aromatic heterocycles. The first-order valence-electron chi connectivity index (χ1n) is 8.71. The summed E-state index contributed by atoms with van der Waals surface area (Å²) >= 11 is 0. The van der Waals surface area contributed by atoms with Gasteiger partial charge in [0.05, 0.1) is 7.11 Å². The molecule has 0 spiro atoms. The van der Waals surface area contributed by atoms with Crippen molar-refractivity contribution in [1.82, 2.24) is 14.6 Å². The molecule has 1 amide bonds. The Kier molecular flexibility index (Phi) is 4.66. The molecule has 4 rings (SSSR count). The van der Waals surface area contributed by atoms with Crippen LogP contribution in [0, 0.1) is 0 Å². The van der Waals surface area contributed by atoms with Crippen LogP contribution in [0.3, 0.4) is 0 Å². The minimum Gasteiger partial charge on any atom is -0.496 e. The highest BCUT2D eigenvalue weighted by Gasteiger charge is 2.19. The summed E-state index contributed by atoms with van der Waals surface area (Å²) in [5.41, 5.74) is 2.00. The van der Waals surface area contributed by atoms with E-state index in [1.54, 1.807) is 49.6 Å². The van der Waals surface area contributed by atoms with Crippen LogP contribution in [-0.2, 0) is 0 Å². The summed E-state index contributed by atoms with van der Waals surface area (Å²) in [5, 5.41) is 16.3. The van der Waals surface area contributed by atoms with Gasteiger partial charge in [-0.05, 0) is 30.3 Å². The van der Waals surface area contributed by atoms with Crippen LogP contribution in [0.25, 0.3) is 16.8 Å². The number of rotatable bonds is 5. The molecule has 0 unspecified atom stereocenters. The minimum absolute atomic E-state index is 0.00343. The molecule has 0 aliphatic heterocycles. The lowest BCUT2D eigenvalue weighted by atomic mass is 10.1. The van der Waals surface area contributed by atoms with Crippen LogP contribution < -0.4 is 10.1 Å². The molecule has 0 saturated carbocycles. The van der Waals surface area contributed by atoms with Gasteiger partial charge >= 0.3 is 5.97 Å². The van der Waals surface area contributed by atoms with Crippen molar-refractivity contribution in [2.45, 2.75) is 0 Å².